The Hall–Kier alpha value is -1.01. The van der Waals surface area contributed by atoms with Crippen LogP contribution in [-0.4, -0.2) is 12.2 Å². The molecule has 7 heteroatoms. The molecule has 0 unspecified atom stereocenters. The number of aromatic amines is 1. The number of aromatic nitrogens is 2. The molecule has 0 spiro atoms. The van der Waals surface area contributed by atoms with Gasteiger partial charge in [-0.1, -0.05) is 19.8 Å². The first-order valence-electron chi connectivity index (χ1n) is 5.32. The average molecular weight is 240 g/mol. The first kappa shape index (κ1) is 15.0. The fourth-order valence-corrected chi connectivity index (χ4v) is 1.18. The first-order valence-corrected chi connectivity index (χ1v) is 5.32. The number of H-pyrrole nitrogens is 1. The molecule has 1 heterocycles. The molecule has 16 heavy (non-hydrogen) atoms. The van der Waals surface area contributed by atoms with Gasteiger partial charge in [-0.2, -0.15) is 0 Å². The van der Waals surface area contributed by atoms with Gasteiger partial charge in [0.1, 0.15) is 12.4 Å². The number of imidazole rings is 1. The zero-order chi connectivity index (χ0) is 12.4. The molecule has 1 aromatic rings. The van der Waals surface area contributed by atoms with Gasteiger partial charge in [0.15, 0.2) is 0 Å². The Morgan fingerprint density at radius 2 is 1.75 bits per heavy atom. The molecule has 1 rings (SSSR count). The molecular weight excluding hydrogens is 223 g/mol. The van der Waals surface area contributed by atoms with Crippen molar-refractivity contribution in [3.05, 3.63) is 18.7 Å². The standard InChI is InChI=1S/C9H16N2.BF4/c1-2-3-4-5-7-11-8-6-10-9-11;2-1(3,4)5/h6,8-9H,2-5,7H2,1H3;/q;-1/p+1. The third-order valence-electron chi connectivity index (χ3n) is 1.87. The van der Waals surface area contributed by atoms with E-state index >= 15 is 0 Å². The summed E-state index contributed by atoms with van der Waals surface area (Å²) in [7, 11) is -6.00. The lowest BCUT2D eigenvalue weighted by atomic mass is 10.2. The van der Waals surface area contributed by atoms with Gasteiger partial charge in [-0.3, -0.25) is 4.98 Å². The van der Waals surface area contributed by atoms with Gasteiger partial charge in [-0.05, 0) is 12.8 Å². The highest BCUT2D eigenvalue weighted by Crippen LogP contribution is 2.06. The minimum Gasteiger partial charge on any atom is -0.418 e. The third kappa shape index (κ3) is 13.0. The number of rotatable bonds is 5. The fourth-order valence-electron chi connectivity index (χ4n) is 1.18. The van der Waals surface area contributed by atoms with Crippen molar-refractivity contribution < 1.29 is 21.8 Å². The number of hydrogen-bond donors (Lipinski definition) is 1. The molecule has 2 nitrogen and oxygen atoms in total. The number of nitrogens with one attached hydrogen (secondary N) is 1. The molecule has 1 aromatic heterocycles. The smallest absolute Gasteiger partial charge is 0.418 e. The van der Waals surface area contributed by atoms with Crippen molar-refractivity contribution in [1.82, 2.24) is 4.98 Å². The van der Waals surface area contributed by atoms with E-state index < -0.39 is 7.25 Å². The highest BCUT2D eigenvalue weighted by atomic mass is 19.5. The average Bonchev–Trinajstić information content (AvgIpc) is 2.62. The lowest BCUT2D eigenvalue weighted by Crippen LogP contribution is -2.30. The van der Waals surface area contributed by atoms with Gasteiger partial charge in [-0.25, -0.2) is 4.57 Å². The molecule has 0 aliphatic rings. The monoisotopic (exact) mass is 240 g/mol. The van der Waals surface area contributed by atoms with Gasteiger partial charge in [0.2, 0.25) is 6.33 Å². The molecule has 0 saturated carbocycles. The van der Waals surface area contributed by atoms with Gasteiger partial charge < -0.3 is 17.3 Å². The van der Waals surface area contributed by atoms with Crippen molar-refractivity contribution in [3.63, 3.8) is 0 Å². The van der Waals surface area contributed by atoms with Crippen LogP contribution in [0.1, 0.15) is 32.6 Å². The maximum absolute atomic E-state index is 9.75. The normalized spacial score (nSPS) is 10.8. The summed E-state index contributed by atoms with van der Waals surface area (Å²) in [6.45, 7) is 3.40. The van der Waals surface area contributed by atoms with Gasteiger partial charge in [-0.15, -0.1) is 0 Å². The van der Waals surface area contributed by atoms with Crippen LogP contribution >= 0.6 is 0 Å². The Morgan fingerprint density at radius 3 is 2.19 bits per heavy atom. The van der Waals surface area contributed by atoms with Crippen LogP contribution in [0.2, 0.25) is 0 Å². The molecule has 0 bridgehead atoms. The Bertz CT molecular complexity index is 243. The van der Waals surface area contributed by atoms with Crippen LogP contribution in [-0.2, 0) is 6.54 Å². The SMILES string of the molecule is CCCCCC[n+]1cc[nH]c1.F[B-](F)(F)F. The van der Waals surface area contributed by atoms with Crippen LogP contribution in [0.4, 0.5) is 17.3 Å². The summed E-state index contributed by atoms with van der Waals surface area (Å²) in [6.07, 6.45) is 11.4. The molecule has 0 aliphatic carbocycles. The van der Waals surface area contributed by atoms with Gasteiger partial charge in [0, 0.05) is 0 Å². The van der Waals surface area contributed by atoms with Crippen LogP contribution in [0.25, 0.3) is 0 Å². The molecule has 0 aliphatic heterocycles. The second-order valence-electron chi connectivity index (χ2n) is 3.40. The van der Waals surface area contributed by atoms with Crippen LogP contribution < -0.4 is 4.57 Å². The minimum absolute atomic E-state index is 1.16. The molecular formula is C9H17BF4N2. The Labute approximate surface area is 92.8 Å². The zero-order valence-electron chi connectivity index (χ0n) is 9.30. The third-order valence-corrected chi connectivity index (χ3v) is 1.87. The number of hydrogen-bond acceptors (Lipinski definition) is 0. The fraction of sp³-hybridized carbons (Fsp3) is 0.667. The predicted octanol–water partition coefficient (Wildman–Crippen LogP) is 3.18. The molecule has 0 aromatic carbocycles. The molecule has 0 amide bonds. The largest absolute Gasteiger partial charge is 0.673 e. The Balaban J connectivity index is 0.000000385. The maximum atomic E-state index is 9.75. The van der Waals surface area contributed by atoms with Crippen LogP contribution in [0, 0.1) is 0 Å². The van der Waals surface area contributed by atoms with E-state index in [4.69, 9.17) is 0 Å². The van der Waals surface area contributed by atoms with E-state index in [1.165, 1.54) is 25.7 Å². The van der Waals surface area contributed by atoms with Crippen molar-refractivity contribution in [2.75, 3.05) is 0 Å². The highest BCUT2D eigenvalue weighted by Gasteiger charge is 2.20. The van der Waals surface area contributed by atoms with Crippen molar-refractivity contribution in [1.29, 1.82) is 0 Å². The quantitative estimate of drug-likeness (QED) is 0.353. The number of unbranched alkanes of at least 4 members (excludes halogenated alkanes) is 3. The molecule has 1 N–H and O–H groups in total. The van der Waals surface area contributed by atoms with Crippen LogP contribution in [0.15, 0.2) is 18.7 Å². The van der Waals surface area contributed by atoms with E-state index in [1.807, 2.05) is 12.5 Å². The maximum Gasteiger partial charge on any atom is 0.673 e. The molecule has 0 radical (unpaired) electrons. The summed E-state index contributed by atoms with van der Waals surface area (Å²) in [5, 5.41) is 0. The second kappa shape index (κ2) is 8.18. The molecule has 0 fully saturated rings. The summed E-state index contributed by atoms with van der Waals surface area (Å²) < 4.78 is 41.2. The van der Waals surface area contributed by atoms with E-state index in [1.54, 1.807) is 0 Å². The highest BCUT2D eigenvalue weighted by molar-refractivity contribution is 6.50. The summed E-state index contributed by atoms with van der Waals surface area (Å²) in [5.74, 6) is 0. The van der Waals surface area contributed by atoms with Crippen molar-refractivity contribution in [3.8, 4) is 0 Å². The van der Waals surface area contributed by atoms with E-state index in [0.29, 0.717) is 0 Å². The Kier molecular flexibility index (Phi) is 7.67. The molecule has 0 saturated heterocycles. The van der Waals surface area contributed by atoms with E-state index in [-0.39, 0.29) is 0 Å². The van der Waals surface area contributed by atoms with E-state index in [2.05, 4.69) is 22.7 Å². The van der Waals surface area contributed by atoms with Crippen LogP contribution in [0.5, 0.6) is 0 Å². The predicted molar refractivity (Wildman–Crippen MR) is 55.3 cm³/mol. The van der Waals surface area contributed by atoms with Gasteiger partial charge in [0.25, 0.3) is 0 Å². The Morgan fingerprint density at radius 1 is 1.12 bits per heavy atom. The number of aryl methyl sites for hydroxylation is 1. The van der Waals surface area contributed by atoms with Gasteiger partial charge >= 0.3 is 7.25 Å². The lowest BCUT2D eigenvalue weighted by Gasteiger charge is -1.95. The first-order chi connectivity index (χ1) is 7.43. The molecule has 94 valence electrons. The summed E-state index contributed by atoms with van der Waals surface area (Å²) in [6, 6.07) is 0. The number of nitrogens with zero attached hydrogens (tertiary/aromatic N) is 1. The summed E-state index contributed by atoms with van der Waals surface area (Å²) >= 11 is 0. The lowest BCUT2D eigenvalue weighted by molar-refractivity contribution is -0.696. The second-order valence-corrected chi connectivity index (χ2v) is 3.40. The number of halogens is 4. The van der Waals surface area contributed by atoms with Crippen molar-refractivity contribution >= 4 is 7.25 Å². The molecule has 0 atom stereocenters. The summed E-state index contributed by atoms with van der Waals surface area (Å²) in [4.78, 5) is 3.03. The van der Waals surface area contributed by atoms with E-state index in [0.717, 1.165) is 6.54 Å². The van der Waals surface area contributed by atoms with Crippen molar-refractivity contribution in [2.45, 2.75) is 39.2 Å². The summed E-state index contributed by atoms with van der Waals surface area (Å²) in [5.41, 5.74) is 0. The topological polar surface area (TPSA) is 19.7 Å². The van der Waals surface area contributed by atoms with E-state index in [9.17, 15) is 17.3 Å². The van der Waals surface area contributed by atoms with Crippen LogP contribution in [0.3, 0.4) is 0 Å². The van der Waals surface area contributed by atoms with Crippen molar-refractivity contribution in [2.24, 2.45) is 0 Å². The van der Waals surface area contributed by atoms with Gasteiger partial charge in [0.05, 0.1) is 6.54 Å². The zero-order valence-corrected chi connectivity index (χ0v) is 9.30. The minimum atomic E-state index is -6.00.